The Morgan fingerprint density at radius 1 is 1.48 bits per heavy atom. The van der Waals surface area contributed by atoms with E-state index in [1.807, 2.05) is 0 Å². The molecule has 0 bridgehead atoms. The molecule has 1 aliphatic rings. The van der Waals surface area contributed by atoms with E-state index in [4.69, 9.17) is 5.11 Å². The number of carboxylic acids is 1. The number of carbonyl (C=O) groups is 1. The molecule has 21 heavy (non-hydrogen) atoms. The zero-order valence-electron chi connectivity index (χ0n) is 12.4. The first-order valence-corrected chi connectivity index (χ1v) is 7.35. The van der Waals surface area contributed by atoms with Crippen molar-refractivity contribution in [3.63, 3.8) is 0 Å². The molecule has 0 aliphatic carbocycles. The normalized spacial score (nSPS) is 19.7. The minimum absolute atomic E-state index is 0.228. The molecule has 6 nitrogen and oxygen atoms in total. The predicted octanol–water partition coefficient (Wildman–Crippen LogP) is 1.70. The Balaban J connectivity index is 1.75. The van der Waals surface area contributed by atoms with E-state index in [1.54, 1.807) is 16.6 Å². The summed E-state index contributed by atoms with van der Waals surface area (Å²) in [5.74, 6) is 0.439. The van der Waals surface area contributed by atoms with Gasteiger partial charge in [0.2, 0.25) is 0 Å². The van der Waals surface area contributed by atoms with Crippen molar-refractivity contribution in [3.05, 3.63) is 29.7 Å². The van der Waals surface area contributed by atoms with Crippen LogP contribution in [0.2, 0.25) is 0 Å². The Kier molecular flexibility index (Phi) is 3.63. The lowest BCUT2D eigenvalue weighted by molar-refractivity contribution is 0.0696. The number of likely N-dealkylation sites (tertiary alicyclic amines) is 1. The lowest BCUT2D eigenvalue weighted by atomic mass is 10.1. The molecule has 1 atom stereocenters. The minimum Gasteiger partial charge on any atom is -0.478 e. The Bertz CT molecular complexity index is 665. The van der Waals surface area contributed by atoms with Crippen molar-refractivity contribution >= 4 is 11.6 Å². The van der Waals surface area contributed by atoms with Crippen LogP contribution in [0.3, 0.4) is 0 Å². The third-order valence-corrected chi connectivity index (χ3v) is 4.14. The van der Waals surface area contributed by atoms with E-state index in [0.717, 1.165) is 25.3 Å². The molecule has 1 aliphatic heterocycles. The average Bonchev–Trinajstić information content (AvgIpc) is 3.03. The van der Waals surface area contributed by atoms with Gasteiger partial charge in [0.15, 0.2) is 11.5 Å². The molecule has 1 saturated heterocycles. The van der Waals surface area contributed by atoms with Crippen LogP contribution in [-0.2, 0) is 6.42 Å². The van der Waals surface area contributed by atoms with Gasteiger partial charge in [-0.15, -0.1) is 0 Å². The highest BCUT2D eigenvalue weighted by atomic mass is 16.4. The molecule has 3 rings (SSSR count). The second-order valence-corrected chi connectivity index (χ2v) is 6.00. The van der Waals surface area contributed by atoms with Gasteiger partial charge in [0, 0.05) is 25.2 Å². The van der Waals surface area contributed by atoms with Crippen LogP contribution in [-0.4, -0.2) is 49.7 Å². The third-order valence-electron chi connectivity index (χ3n) is 4.14. The van der Waals surface area contributed by atoms with Crippen LogP contribution in [0.1, 0.15) is 36.5 Å². The Morgan fingerprint density at radius 3 is 2.95 bits per heavy atom. The van der Waals surface area contributed by atoms with E-state index in [-0.39, 0.29) is 5.56 Å². The lowest BCUT2D eigenvalue weighted by Crippen LogP contribution is -2.28. The van der Waals surface area contributed by atoms with E-state index in [1.165, 1.54) is 12.6 Å². The average molecular weight is 288 g/mol. The van der Waals surface area contributed by atoms with Crippen molar-refractivity contribution in [1.29, 1.82) is 0 Å². The highest BCUT2D eigenvalue weighted by Crippen LogP contribution is 2.21. The molecule has 3 heterocycles. The molecule has 0 aromatic carbocycles. The summed E-state index contributed by atoms with van der Waals surface area (Å²) in [4.78, 5) is 17.9. The summed E-state index contributed by atoms with van der Waals surface area (Å²) in [6.45, 7) is 6.67. The summed E-state index contributed by atoms with van der Waals surface area (Å²) in [7, 11) is 0. The Hall–Kier alpha value is -1.95. The van der Waals surface area contributed by atoms with Gasteiger partial charge in [0.25, 0.3) is 0 Å². The maximum atomic E-state index is 11.0. The van der Waals surface area contributed by atoms with Gasteiger partial charge in [0.05, 0.1) is 5.56 Å². The maximum absolute atomic E-state index is 11.0. The number of hydrogen-bond donors (Lipinski definition) is 1. The third kappa shape index (κ3) is 2.90. The van der Waals surface area contributed by atoms with Crippen LogP contribution in [0.15, 0.2) is 18.3 Å². The maximum Gasteiger partial charge on any atom is 0.337 e. The number of aromatic carboxylic acids is 1. The molecule has 2 aromatic rings. The van der Waals surface area contributed by atoms with Gasteiger partial charge in [-0.05, 0) is 44.9 Å². The lowest BCUT2D eigenvalue weighted by Gasteiger charge is -2.19. The number of fused-ring (bicyclic) bond motifs is 1. The zero-order valence-corrected chi connectivity index (χ0v) is 12.4. The van der Waals surface area contributed by atoms with Crippen molar-refractivity contribution in [3.8, 4) is 0 Å². The predicted molar refractivity (Wildman–Crippen MR) is 78.5 cm³/mol. The molecule has 1 unspecified atom stereocenters. The highest BCUT2D eigenvalue weighted by Gasteiger charge is 2.25. The van der Waals surface area contributed by atoms with Gasteiger partial charge >= 0.3 is 5.97 Å². The van der Waals surface area contributed by atoms with E-state index >= 15 is 0 Å². The van der Waals surface area contributed by atoms with Crippen LogP contribution in [0.25, 0.3) is 5.65 Å². The van der Waals surface area contributed by atoms with Gasteiger partial charge in [-0.25, -0.2) is 14.3 Å². The van der Waals surface area contributed by atoms with Gasteiger partial charge < -0.3 is 10.0 Å². The van der Waals surface area contributed by atoms with Gasteiger partial charge in [-0.1, -0.05) is 0 Å². The van der Waals surface area contributed by atoms with Crippen LogP contribution in [0.5, 0.6) is 0 Å². The number of hydrogen-bond acceptors (Lipinski definition) is 4. The molecular weight excluding hydrogens is 268 g/mol. The molecule has 112 valence electrons. The van der Waals surface area contributed by atoms with Crippen molar-refractivity contribution < 1.29 is 9.90 Å². The van der Waals surface area contributed by atoms with Crippen LogP contribution >= 0.6 is 0 Å². The van der Waals surface area contributed by atoms with Crippen molar-refractivity contribution in [2.24, 2.45) is 5.92 Å². The molecule has 0 radical (unpaired) electrons. The van der Waals surface area contributed by atoms with Gasteiger partial charge in [-0.3, -0.25) is 0 Å². The number of nitrogens with zero attached hydrogens (tertiary/aromatic N) is 4. The summed E-state index contributed by atoms with van der Waals surface area (Å²) < 4.78 is 1.56. The smallest absolute Gasteiger partial charge is 0.337 e. The van der Waals surface area contributed by atoms with Gasteiger partial charge in [0.1, 0.15) is 0 Å². The summed E-state index contributed by atoms with van der Waals surface area (Å²) in [5.41, 5.74) is 0.930. The largest absolute Gasteiger partial charge is 0.478 e. The number of aromatic nitrogens is 3. The zero-order chi connectivity index (χ0) is 15.0. The molecule has 1 N–H and O–H groups in total. The molecule has 0 saturated carbocycles. The van der Waals surface area contributed by atoms with Crippen molar-refractivity contribution in [2.45, 2.75) is 32.7 Å². The summed E-state index contributed by atoms with van der Waals surface area (Å²) in [6, 6.07) is 3.85. The fourth-order valence-electron chi connectivity index (χ4n) is 2.90. The molecule has 6 heteroatoms. The fraction of sp³-hybridized carbons (Fsp3) is 0.533. The Labute approximate surface area is 123 Å². The van der Waals surface area contributed by atoms with Crippen LogP contribution < -0.4 is 0 Å². The topological polar surface area (TPSA) is 70.7 Å². The second-order valence-electron chi connectivity index (χ2n) is 6.00. The summed E-state index contributed by atoms with van der Waals surface area (Å²) >= 11 is 0. The molecule has 1 fully saturated rings. The van der Waals surface area contributed by atoms with E-state index in [0.29, 0.717) is 17.6 Å². The highest BCUT2D eigenvalue weighted by molar-refractivity contribution is 5.87. The van der Waals surface area contributed by atoms with E-state index < -0.39 is 5.97 Å². The number of pyridine rings is 1. The quantitative estimate of drug-likeness (QED) is 0.927. The number of rotatable bonds is 4. The first-order valence-electron chi connectivity index (χ1n) is 7.35. The summed E-state index contributed by atoms with van der Waals surface area (Å²) in [5, 5.41) is 13.4. The van der Waals surface area contributed by atoms with Crippen LogP contribution in [0.4, 0.5) is 0 Å². The van der Waals surface area contributed by atoms with Crippen molar-refractivity contribution in [2.75, 3.05) is 13.1 Å². The summed E-state index contributed by atoms with van der Waals surface area (Å²) in [6.07, 6.45) is 3.55. The number of carboxylic acid groups (broad SMARTS) is 1. The SMILES string of the molecule is CC(C)N1CCC(Cc2nc3ccc(C(=O)O)cn3n2)C1. The minimum atomic E-state index is -0.947. The molecule has 0 spiro atoms. The van der Waals surface area contributed by atoms with E-state index in [2.05, 4.69) is 28.8 Å². The second kappa shape index (κ2) is 5.44. The van der Waals surface area contributed by atoms with Gasteiger partial charge in [-0.2, -0.15) is 5.10 Å². The van der Waals surface area contributed by atoms with Crippen molar-refractivity contribution in [1.82, 2.24) is 19.5 Å². The first kappa shape index (κ1) is 14.0. The van der Waals surface area contributed by atoms with E-state index in [9.17, 15) is 4.79 Å². The Morgan fingerprint density at radius 2 is 2.29 bits per heavy atom. The fourth-order valence-corrected chi connectivity index (χ4v) is 2.90. The first-order chi connectivity index (χ1) is 10.0. The monoisotopic (exact) mass is 288 g/mol. The standard InChI is InChI=1S/C15H20N4O2/c1-10(2)18-6-5-11(8-18)7-13-16-14-4-3-12(15(20)21)9-19(14)17-13/h3-4,9-11H,5-8H2,1-2H3,(H,20,21). The van der Waals surface area contributed by atoms with Crippen LogP contribution in [0, 0.1) is 5.92 Å². The molecule has 0 amide bonds. The molecular formula is C15H20N4O2. The molecule has 2 aromatic heterocycles.